The Kier molecular flexibility index (Phi) is 6.72. The molecule has 2 aromatic rings. The van der Waals surface area contributed by atoms with Crippen LogP contribution < -0.4 is 0 Å². The summed E-state index contributed by atoms with van der Waals surface area (Å²) >= 11 is 0. The molecule has 0 saturated carbocycles. The van der Waals surface area contributed by atoms with E-state index in [0.29, 0.717) is 37.8 Å². The number of nitrogens with zero attached hydrogens (tertiary/aromatic N) is 5. The van der Waals surface area contributed by atoms with Crippen molar-refractivity contribution in [2.24, 2.45) is 0 Å². The van der Waals surface area contributed by atoms with Crippen LogP contribution in [0.25, 0.3) is 11.3 Å². The average molecular weight is 500 g/mol. The molecule has 1 aromatic carbocycles. The molecule has 5 heterocycles. The molecule has 3 fully saturated rings. The maximum absolute atomic E-state index is 13.5. The largest absolute Gasteiger partial charge is 0.379 e. The van der Waals surface area contributed by atoms with Crippen LogP contribution in [0.1, 0.15) is 28.5 Å². The van der Waals surface area contributed by atoms with E-state index in [4.69, 9.17) is 14.6 Å². The molecule has 6 rings (SSSR count). The molecule has 35 heavy (non-hydrogen) atoms. The second-order valence-corrected chi connectivity index (χ2v) is 11.1. The van der Waals surface area contributed by atoms with Crippen LogP contribution in [0.2, 0.25) is 0 Å². The Balaban J connectivity index is 1.29. The zero-order valence-electron chi connectivity index (χ0n) is 20.1. The van der Waals surface area contributed by atoms with Gasteiger partial charge in [0.15, 0.2) is 5.69 Å². The first-order valence-corrected chi connectivity index (χ1v) is 14.0. The van der Waals surface area contributed by atoms with Crippen LogP contribution in [0, 0.1) is 0 Å². The zero-order valence-corrected chi connectivity index (χ0v) is 20.9. The van der Waals surface area contributed by atoms with Crippen LogP contribution in [0.3, 0.4) is 0 Å². The van der Waals surface area contributed by atoms with Gasteiger partial charge in [0.25, 0.3) is 5.91 Å². The molecule has 188 valence electrons. The number of hydrogen-bond acceptors (Lipinski definition) is 7. The van der Waals surface area contributed by atoms with Gasteiger partial charge in [0.2, 0.25) is 0 Å². The molecule has 0 bridgehead atoms. The Bertz CT molecular complexity index is 1110. The first kappa shape index (κ1) is 23.3. The number of morpholine rings is 2. The lowest BCUT2D eigenvalue weighted by molar-refractivity contribution is 0.0297. The van der Waals surface area contributed by atoms with Crippen LogP contribution >= 0.6 is 0 Å². The number of benzene rings is 1. The SMILES string of the molecule is O=C(c1nn(C2CCN(CCN3CCOCC3)C2)c2c1CS(=O)c1ccccc1-2)N1CCOCC1. The molecule has 3 saturated heterocycles. The Morgan fingerprint density at radius 1 is 0.971 bits per heavy atom. The lowest BCUT2D eigenvalue weighted by Gasteiger charge is -2.28. The molecular weight excluding hydrogens is 466 g/mol. The van der Waals surface area contributed by atoms with Gasteiger partial charge in [0.05, 0.1) is 54.7 Å². The minimum absolute atomic E-state index is 0.0677. The number of aromatic nitrogens is 2. The summed E-state index contributed by atoms with van der Waals surface area (Å²) in [6, 6.07) is 8.08. The molecule has 4 aliphatic heterocycles. The van der Waals surface area contributed by atoms with Crippen molar-refractivity contribution in [3.63, 3.8) is 0 Å². The van der Waals surface area contributed by atoms with Gasteiger partial charge in [0, 0.05) is 68.4 Å². The molecule has 0 radical (unpaired) electrons. The van der Waals surface area contributed by atoms with Gasteiger partial charge in [-0.25, -0.2) is 0 Å². The Morgan fingerprint density at radius 3 is 2.49 bits per heavy atom. The molecule has 1 amide bonds. The van der Waals surface area contributed by atoms with E-state index in [1.807, 2.05) is 29.2 Å². The van der Waals surface area contributed by atoms with Gasteiger partial charge in [-0.05, 0) is 12.5 Å². The van der Waals surface area contributed by atoms with Gasteiger partial charge >= 0.3 is 0 Å². The van der Waals surface area contributed by atoms with E-state index in [1.54, 1.807) is 0 Å². The van der Waals surface area contributed by atoms with Gasteiger partial charge in [-0.15, -0.1) is 0 Å². The number of carbonyl (C=O) groups is 1. The number of hydrogen-bond donors (Lipinski definition) is 0. The van der Waals surface area contributed by atoms with Crippen molar-refractivity contribution < 1.29 is 18.5 Å². The molecule has 2 atom stereocenters. The number of fused-ring (bicyclic) bond motifs is 3. The van der Waals surface area contributed by atoms with Crippen LogP contribution in [-0.4, -0.2) is 113 Å². The summed E-state index contributed by atoms with van der Waals surface area (Å²) in [4.78, 5) is 21.2. The number of carbonyl (C=O) groups excluding carboxylic acids is 1. The van der Waals surface area contributed by atoms with Crippen LogP contribution in [0.4, 0.5) is 0 Å². The van der Waals surface area contributed by atoms with Gasteiger partial charge in [-0.2, -0.15) is 5.10 Å². The van der Waals surface area contributed by atoms with E-state index >= 15 is 0 Å². The van der Waals surface area contributed by atoms with E-state index < -0.39 is 10.8 Å². The first-order valence-electron chi connectivity index (χ1n) is 12.7. The van der Waals surface area contributed by atoms with Crippen molar-refractivity contribution in [3.05, 3.63) is 35.5 Å². The number of rotatable bonds is 5. The molecule has 4 aliphatic rings. The summed E-state index contributed by atoms with van der Waals surface area (Å²) in [6.07, 6.45) is 0.994. The zero-order chi connectivity index (χ0) is 23.8. The van der Waals surface area contributed by atoms with E-state index in [9.17, 15) is 9.00 Å². The predicted molar refractivity (Wildman–Crippen MR) is 132 cm³/mol. The third kappa shape index (κ3) is 4.58. The van der Waals surface area contributed by atoms with Gasteiger partial charge < -0.3 is 14.4 Å². The highest BCUT2D eigenvalue weighted by atomic mass is 32.2. The monoisotopic (exact) mass is 499 g/mol. The molecule has 2 unspecified atom stereocenters. The van der Waals surface area contributed by atoms with Crippen molar-refractivity contribution in [1.82, 2.24) is 24.5 Å². The highest BCUT2D eigenvalue weighted by Crippen LogP contribution is 2.40. The molecule has 9 nitrogen and oxygen atoms in total. The smallest absolute Gasteiger partial charge is 0.274 e. The molecule has 0 aliphatic carbocycles. The van der Waals surface area contributed by atoms with Gasteiger partial charge in [-0.1, -0.05) is 18.2 Å². The number of likely N-dealkylation sites (tertiary alicyclic amines) is 1. The number of amides is 1. The second-order valence-electron chi connectivity index (χ2n) is 9.71. The maximum atomic E-state index is 13.5. The molecule has 10 heteroatoms. The average Bonchev–Trinajstić information content (AvgIpc) is 3.53. The van der Waals surface area contributed by atoms with E-state index in [1.165, 1.54) is 0 Å². The topological polar surface area (TPSA) is 80.1 Å². The van der Waals surface area contributed by atoms with Crippen molar-refractivity contribution in [1.29, 1.82) is 0 Å². The molecule has 0 spiro atoms. The minimum Gasteiger partial charge on any atom is -0.379 e. The molecular formula is C25H33N5O4S. The van der Waals surface area contributed by atoms with E-state index in [-0.39, 0.29) is 11.9 Å². The Labute approximate surface area is 208 Å². The van der Waals surface area contributed by atoms with Crippen molar-refractivity contribution in [2.45, 2.75) is 23.1 Å². The van der Waals surface area contributed by atoms with Crippen molar-refractivity contribution in [3.8, 4) is 11.3 Å². The molecule has 1 aromatic heterocycles. The quantitative estimate of drug-likeness (QED) is 0.612. The predicted octanol–water partition coefficient (Wildman–Crippen LogP) is 1.22. The normalized spacial score (nSPS) is 25.4. The Morgan fingerprint density at radius 2 is 1.69 bits per heavy atom. The summed E-state index contributed by atoms with van der Waals surface area (Å²) in [5, 5.41) is 4.96. The van der Waals surface area contributed by atoms with Gasteiger partial charge in [0.1, 0.15) is 0 Å². The second kappa shape index (κ2) is 10.1. The minimum atomic E-state index is -1.18. The highest BCUT2D eigenvalue weighted by molar-refractivity contribution is 7.84. The lowest BCUT2D eigenvalue weighted by atomic mass is 10.0. The maximum Gasteiger partial charge on any atom is 0.274 e. The third-order valence-corrected chi connectivity index (χ3v) is 9.00. The molecule has 0 N–H and O–H groups in total. The Hall–Kier alpha value is -2.11. The summed E-state index contributed by atoms with van der Waals surface area (Å²) in [7, 11) is -1.18. The van der Waals surface area contributed by atoms with Crippen LogP contribution in [0.5, 0.6) is 0 Å². The standard InChI is InChI=1S/C25H33N5O4S/c31-25(29-11-15-34-16-12-29)23-21-18-35(32)22-4-2-1-3-20(22)24(21)30(26-23)19-5-6-28(17-19)8-7-27-9-13-33-14-10-27/h1-4,19H,5-18H2. The van der Waals surface area contributed by atoms with Crippen LogP contribution in [-0.2, 0) is 26.0 Å². The number of ether oxygens (including phenoxy) is 2. The van der Waals surface area contributed by atoms with Crippen molar-refractivity contribution >= 4 is 16.7 Å². The first-order chi connectivity index (χ1) is 17.2. The van der Waals surface area contributed by atoms with E-state index in [0.717, 1.165) is 80.6 Å². The summed E-state index contributed by atoms with van der Waals surface area (Å²) in [6.45, 7) is 9.89. The fourth-order valence-electron chi connectivity index (χ4n) is 5.64. The summed E-state index contributed by atoms with van der Waals surface area (Å²) < 4.78 is 26.1. The van der Waals surface area contributed by atoms with Crippen LogP contribution in [0.15, 0.2) is 29.2 Å². The fourth-order valence-corrected chi connectivity index (χ4v) is 6.97. The fraction of sp³-hybridized carbons (Fsp3) is 0.600. The van der Waals surface area contributed by atoms with E-state index in [2.05, 4.69) is 14.5 Å². The summed E-state index contributed by atoms with van der Waals surface area (Å²) in [5.74, 6) is 0.271. The van der Waals surface area contributed by atoms with Gasteiger partial charge in [-0.3, -0.25) is 23.5 Å². The van der Waals surface area contributed by atoms with Crippen molar-refractivity contribution in [2.75, 3.05) is 78.8 Å². The highest BCUT2D eigenvalue weighted by Gasteiger charge is 2.37. The third-order valence-electron chi connectivity index (χ3n) is 7.60. The summed E-state index contributed by atoms with van der Waals surface area (Å²) in [5.41, 5.74) is 3.24. The lowest BCUT2D eigenvalue weighted by Crippen LogP contribution is -2.41.